The minimum absolute atomic E-state index is 0.200. The van der Waals surface area contributed by atoms with Gasteiger partial charge >= 0.3 is 0 Å². The van der Waals surface area contributed by atoms with Crippen LogP contribution in [0.2, 0.25) is 0 Å². The van der Waals surface area contributed by atoms with E-state index in [9.17, 15) is 0 Å². The van der Waals surface area contributed by atoms with Gasteiger partial charge in [-0.25, -0.2) is 0 Å². The van der Waals surface area contributed by atoms with Crippen molar-refractivity contribution >= 4 is 37.8 Å². The molecule has 0 radical (unpaired) electrons. The summed E-state index contributed by atoms with van der Waals surface area (Å²) in [4.78, 5) is 0. The summed E-state index contributed by atoms with van der Waals surface area (Å²) in [7, 11) is 0. The molecule has 0 bridgehead atoms. The first-order valence-corrected chi connectivity index (χ1v) is 8.04. The summed E-state index contributed by atoms with van der Waals surface area (Å²) in [6.45, 7) is 0.829. The van der Waals surface area contributed by atoms with Crippen molar-refractivity contribution in [3.63, 3.8) is 0 Å². The molecule has 0 amide bonds. The number of hydrogen-bond acceptors (Lipinski definition) is 3. The van der Waals surface area contributed by atoms with Gasteiger partial charge in [-0.1, -0.05) is 56.1 Å². The Bertz CT molecular complexity index is 619. The van der Waals surface area contributed by atoms with E-state index in [0.29, 0.717) is 13.1 Å². The highest BCUT2D eigenvalue weighted by atomic mass is 79.9. The van der Waals surface area contributed by atoms with Crippen LogP contribution in [-0.4, -0.2) is 5.96 Å². The summed E-state index contributed by atoms with van der Waals surface area (Å²) in [6.07, 6.45) is 0. The second kappa shape index (κ2) is 8.65. The molecule has 112 valence electrons. The first-order chi connectivity index (χ1) is 10.6. The van der Waals surface area contributed by atoms with E-state index in [4.69, 9.17) is 5.41 Å². The third kappa shape index (κ3) is 5.95. The van der Waals surface area contributed by atoms with Gasteiger partial charge in [0.1, 0.15) is 0 Å². The maximum Gasteiger partial charge on any atom is 0.279 e. The van der Waals surface area contributed by atoms with Gasteiger partial charge < -0.3 is 0 Å². The number of nitrogens with one attached hydrogen (secondary N) is 1. The summed E-state index contributed by atoms with van der Waals surface area (Å²) in [5.74, 6) is -0.200. The van der Waals surface area contributed by atoms with Gasteiger partial charge in [0.25, 0.3) is 5.96 Å². The Kier molecular flexibility index (Phi) is 6.54. The summed E-state index contributed by atoms with van der Waals surface area (Å²) in [6, 6.07) is 15.5. The number of hydrogen-bond donors (Lipinski definition) is 1. The van der Waals surface area contributed by atoms with E-state index >= 15 is 0 Å². The number of guanidine groups is 1. The van der Waals surface area contributed by atoms with Crippen molar-refractivity contribution in [3.05, 3.63) is 68.6 Å². The zero-order valence-electron chi connectivity index (χ0n) is 11.6. The van der Waals surface area contributed by atoms with Crippen LogP contribution in [0.4, 0.5) is 0 Å². The second-order valence-corrected chi connectivity index (χ2v) is 6.21. The topological polar surface area (TPSA) is 73.3 Å². The van der Waals surface area contributed by atoms with Crippen molar-refractivity contribution in [2.75, 3.05) is 0 Å². The molecule has 0 fully saturated rings. The maximum absolute atomic E-state index is 7.55. The molecule has 2 rings (SSSR count). The Morgan fingerprint density at radius 2 is 1.09 bits per heavy atom. The lowest BCUT2D eigenvalue weighted by molar-refractivity contribution is 0.929. The number of halogens is 2. The van der Waals surface area contributed by atoms with Gasteiger partial charge in [0.05, 0.1) is 13.1 Å². The van der Waals surface area contributed by atoms with E-state index in [2.05, 4.69) is 52.3 Å². The number of rotatable bonds is 4. The molecule has 0 spiro atoms. The van der Waals surface area contributed by atoms with Gasteiger partial charge in [-0.3, -0.25) is 5.41 Å². The fraction of sp³-hybridized carbons (Fsp3) is 0.133. The summed E-state index contributed by atoms with van der Waals surface area (Å²) in [5.41, 5.74) is 2.04. The van der Waals surface area contributed by atoms with Crippen LogP contribution < -0.4 is 0 Å². The molecule has 22 heavy (non-hydrogen) atoms. The average molecular weight is 423 g/mol. The molecule has 7 heteroatoms. The molecule has 0 saturated carbocycles. The van der Waals surface area contributed by atoms with Crippen LogP contribution in [0.5, 0.6) is 0 Å². The van der Waals surface area contributed by atoms with Crippen molar-refractivity contribution in [2.45, 2.75) is 13.1 Å². The van der Waals surface area contributed by atoms with Crippen LogP contribution in [0.15, 0.2) is 77.9 Å². The third-order valence-corrected chi connectivity index (χ3v) is 3.72. The van der Waals surface area contributed by atoms with Gasteiger partial charge in [0, 0.05) is 8.95 Å². The van der Waals surface area contributed by atoms with E-state index in [1.54, 1.807) is 0 Å². The minimum atomic E-state index is -0.200. The van der Waals surface area contributed by atoms with Gasteiger partial charge in [0.15, 0.2) is 0 Å². The lowest BCUT2D eigenvalue weighted by atomic mass is 10.2. The fourth-order valence-corrected chi connectivity index (χ4v) is 2.10. The van der Waals surface area contributed by atoms with Crippen molar-refractivity contribution in [2.24, 2.45) is 20.5 Å². The van der Waals surface area contributed by atoms with Gasteiger partial charge in [-0.15, -0.1) is 10.2 Å². The highest BCUT2D eigenvalue weighted by Gasteiger charge is 1.94. The molecule has 2 aromatic rings. The lowest BCUT2D eigenvalue weighted by Gasteiger charge is -1.96. The smallest absolute Gasteiger partial charge is 0.263 e. The molecule has 5 nitrogen and oxygen atoms in total. The van der Waals surface area contributed by atoms with Crippen LogP contribution in [0.25, 0.3) is 0 Å². The summed E-state index contributed by atoms with van der Waals surface area (Å²) < 4.78 is 2.03. The molecule has 0 aliphatic carbocycles. The molecule has 0 aromatic heterocycles. The first-order valence-electron chi connectivity index (χ1n) is 6.46. The van der Waals surface area contributed by atoms with E-state index < -0.39 is 0 Å². The van der Waals surface area contributed by atoms with Crippen LogP contribution in [0.1, 0.15) is 11.1 Å². The van der Waals surface area contributed by atoms with Crippen molar-refractivity contribution in [1.82, 2.24) is 0 Å². The lowest BCUT2D eigenvalue weighted by Crippen LogP contribution is -1.86. The molecule has 0 unspecified atom stereocenters. The molecule has 2 aromatic carbocycles. The van der Waals surface area contributed by atoms with Crippen LogP contribution in [0, 0.1) is 5.41 Å². The Labute approximate surface area is 145 Å². The number of benzene rings is 2. The van der Waals surface area contributed by atoms with E-state index in [0.717, 1.165) is 20.1 Å². The van der Waals surface area contributed by atoms with E-state index in [-0.39, 0.29) is 5.96 Å². The van der Waals surface area contributed by atoms with Crippen molar-refractivity contribution < 1.29 is 0 Å². The quantitative estimate of drug-likeness (QED) is 0.370. The predicted molar refractivity (Wildman–Crippen MR) is 93.1 cm³/mol. The van der Waals surface area contributed by atoms with Crippen LogP contribution in [-0.2, 0) is 13.1 Å². The molecule has 0 aliphatic rings. The zero-order chi connectivity index (χ0) is 15.8. The Morgan fingerprint density at radius 3 is 1.45 bits per heavy atom. The summed E-state index contributed by atoms with van der Waals surface area (Å²) in [5, 5.41) is 22.9. The average Bonchev–Trinajstić information content (AvgIpc) is 2.51. The van der Waals surface area contributed by atoms with Crippen LogP contribution in [0.3, 0.4) is 0 Å². The highest BCUT2D eigenvalue weighted by molar-refractivity contribution is 9.10. The molecule has 0 saturated heterocycles. The van der Waals surface area contributed by atoms with Gasteiger partial charge in [0.2, 0.25) is 0 Å². The molecular weight excluding hydrogens is 410 g/mol. The monoisotopic (exact) mass is 421 g/mol. The third-order valence-electron chi connectivity index (χ3n) is 2.66. The van der Waals surface area contributed by atoms with Crippen molar-refractivity contribution in [1.29, 1.82) is 5.41 Å². The molecule has 0 aliphatic heterocycles. The maximum atomic E-state index is 7.55. The van der Waals surface area contributed by atoms with E-state index in [1.165, 1.54) is 0 Å². The van der Waals surface area contributed by atoms with Crippen molar-refractivity contribution in [3.8, 4) is 0 Å². The number of nitrogens with zero attached hydrogens (tertiary/aromatic N) is 4. The Morgan fingerprint density at radius 1 is 0.727 bits per heavy atom. The largest absolute Gasteiger partial charge is 0.279 e. The normalized spacial score (nSPS) is 11.4. The fourth-order valence-electron chi connectivity index (χ4n) is 1.57. The standard InChI is InChI=1S/C15H13Br2N5/c16-13-5-1-11(2-6-13)9-19-21-15(18)22-20-10-12-3-7-14(17)8-4-12/h1-8,18H,9-10H2. The first kappa shape index (κ1) is 16.6. The molecule has 0 atom stereocenters. The van der Waals surface area contributed by atoms with Gasteiger partial charge in [-0.2, -0.15) is 10.2 Å². The molecular formula is C15H13Br2N5. The number of azo groups is 2. The zero-order valence-corrected chi connectivity index (χ0v) is 14.7. The van der Waals surface area contributed by atoms with E-state index in [1.807, 2.05) is 48.5 Å². The SMILES string of the molecule is N=C(N=NCc1ccc(Br)cc1)N=NCc1ccc(Br)cc1. The molecule has 0 heterocycles. The van der Waals surface area contributed by atoms with Crippen LogP contribution >= 0.6 is 31.9 Å². The van der Waals surface area contributed by atoms with Gasteiger partial charge in [-0.05, 0) is 35.4 Å². The minimum Gasteiger partial charge on any atom is -0.263 e. The summed E-state index contributed by atoms with van der Waals surface area (Å²) >= 11 is 6.74. The molecule has 1 N–H and O–H groups in total. The highest BCUT2D eigenvalue weighted by Crippen LogP contribution is 2.12. The predicted octanol–water partition coefficient (Wildman–Crippen LogP) is 5.75. The second-order valence-electron chi connectivity index (χ2n) is 4.38. The Balaban J connectivity index is 1.79. The Hall–Kier alpha value is -1.73.